The first-order valence-electron chi connectivity index (χ1n) is 8.72. The van der Waals surface area contributed by atoms with E-state index in [9.17, 15) is 0 Å². The summed E-state index contributed by atoms with van der Waals surface area (Å²) in [6.45, 7) is 5.78. The van der Waals surface area contributed by atoms with Crippen LogP contribution in [0.3, 0.4) is 0 Å². The highest BCUT2D eigenvalue weighted by atomic mass is 16.6. The van der Waals surface area contributed by atoms with Crippen molar-refractivity contribution in [2.45, 2.75) is 64.4 Å². The van der Waals surface area contributed by atoms with Crippen LogP contribution >= 0.6 is 0 Å². The Hall–Kier alpha value is -1.28. The van der Waals surface area contributed by atoms with Crippen LogP contribution in [-0.4, -0.2) is 18.8 Å². The third-order valence-corrected chi connectivity index (χ3v) is 4.04. The zero-order valence-electron chi connectivity index (χ0n) is 14.1. The van der Waals surface area contributed by atoms with Crippen LogP contribution < -0.4 is 4.74 Å². The Kier molecular flexibility index (Phi) is 6.98. The molecule has 0 N–H and O–H groups in total. The molecule has 1 aromatic carbocycles. The summed E-state index contributed by atoms with van der Waals surface area (Å²) >= 11 is 0. The highest BCUT2D eigenvalue weighted by Gasteiger charge is 2.40. The predicted octanol–water partition coefficient (Wildman–Crippen LogP) is 5.31. The molecule has 22 heavy (non-hydrogen) atoms. The van der Waals surface area contributed by atoms with E-state index in [0.717, 1.165) is 18.8 Å². The van der Waals surface area contributed by atoms with E-state index in [-0.39, 0.29) is 5.60 Å². The van der Waals surface area contributed by atoms with Crippen LogP contribution in [0.1, 0.15) is 57.9 Å². The minimum Gasteiger partial charge on any atom is -0.490 e. The second-order valence-electron chi connectivity index (χ2n) is 6.53. The van der Waals surface area contributed by atoms with E-state index in [0.29, 0.717) is 6.61 Å². The lowest BCUT2D eigenvalue weighted by Crippen LogP contribution is -2.16. The van der Waals surface area contributed by atoms with Crippen LogP contribution in [0.15, 0.2) is 36.4 Å². The van der Waals surface area contributed by atoms with Gasteiger partial charge >= 0.3 is 0 Å². The monoisotopic (exact) mass is 302 g/mol. The number of hydrogen-bond acceptors (Lipinski definition) is 2. The molecule has 1 atom stereocenters. The van der Waals surface area contributed by atoms with Crippen LogP contribution in [0, 0.1) is 0 Å². The highest BCUT2D eigenvalue weighted by molar-refractivity contribution is 5.28. The number of epoxide rings is 1. The van der Waals surface area contributed by atoms with Gasteiger partial charge in [-0.3, -0.25) is 0 Å². The van der Waals surface area contributed by atoms with Crippen molar-refractivity contribution in [1.82, 2.24) is 0 Å². The van der Waals surface area contributed by atoms with Gasteiger partial charge in [-0.1, -0.05) is 44.1 Å². The first-order chi connectivity index (χ1) is 10.7. The molecule has 0 spiro atoms. The summed E-state index contributed by atoms with van der Waals surface area (Å²) in [5.41, 5.74) is 1.34. The number of allylic oxidation sites excluding steroid dienone is 2. The Morgan fingerprint density at radius 2 is 2.00 bits per heavy atom. The highest BCUT2D eigenvalue weighted by Crippen LogP contribution is 2.27. The summed E-state index contributed by atoms with van der Waals surface area (Å²) in [5, 5.41) is 0. The quantitative estimate of drug-likeness (QED) is 0.314. The first-order valence-corrected chi connectivity index (χ1v) is 8.72. The maximum atomic E-state index is 5.82. The van der Waals surface area contributed by atoms with Crippen molar-refractivity contribution in [3.8, 4) is 5.75 Å². The van der Waals surface area contributed by atoms with E-state index in [1.807, 2.05) is 6.07 Å². The van der Waals surface area contributed by atoms with E-state index in [4.69, 9.17) is 9.47 Å². The maximum absolute atomic E-state index is 5.82. The van der Waals surface area contributed by atoms with E-state index in [1.54, 1.807) is 0 Å². The minimum atomic E-state index is -0.0404. The number of ether oxygens (including phenoxy) is 2. The third-order valence-electron chi connectivity index (χ3n) is 4.04. The second kappa shape index (κ2) is 8.99. The van der Waals surface area contributed by atoms with Gasteiger partial charge in [0.25, 0.3) is 0 Å². The summed E-state index contributed by atoms with van der Waals surface area (Å²) in [6.07, 6.45) is 13.3. The molecule has 0 radical (unpaired) electrons. The van der Waals surface area contributed by atoms with Crippen molar-refractivity contribution in [3.63, 3.8) is 0 Å². The van der Waals surface area contributed by atoms with Gasteiger partial charge in [0.05, 0.1) is 6.61 Å². The van der Waals surface area contributed by atoms with Crippen LogP contribution in [0.25, 0.3) is 0 Å². The Balaban J connectivity index is 1.61. The summed E-state index contributed by atoms with van der Waals surface area (Å²) < 4.78 is 11.2. The molecule has 122 valence electrons. The van der Waals surface area contributed by atoms with E-state index < -0.39 is 0 Å². The van der Waals surface area contributed by atoms with Gasteiger partial charge in [-0.15, -0.1) is 0 Å². The molecule has 0 bridgehead atoms. The fraction of sp³-hybridized carbons (Fsp3) is 0.600. The lowest BCUT2D eigenvalue weighted by Gasteiger charge is -2.10. The molecule has 1 unspecified atom stereocenters. The van der Waals surface area contributed by atoms with Crippen LogP contribution in [0.4, 0.5) is 0 Å². The van der Waals surface area contributed by atoms with E-state index in [2.05, 4.69) is 44.2 Å². The van der Waals surface area contributed by atoms with Crippen molar-refractivity contribution < 1.29 is 9.47 Å². The van der Waals surface area contributed by atoms with Gasteiger partial charge in [0, 0.05) is 0 Å². The largest absolute Gasteiger partial charge is 0.490 e. The smallest absolute Gasteiger partial charge is 0.123 e. The average Bonchev–Trinajstić information content (AvgIpc) is 3.27. The predicted molar refractivity (Wildman–Crippen MR) is 92.5 cm³/mol. The molecule has 1 aromatic rings. The fourth-order valence-corrected chi connectivity index (χ4v) is 2.40. The molecule has 2 rings (SSSR count). The molecule has 0 aromatic heterocycles. The molecule has 2 heteroatoms. The normalized spacial score (nSPS) is 20.5. The SMILES string of the molecule is CCC/C=C/CCCCCc1cccc(OCC2(C)CO2)c1. The molecular formula is C20H30O2. The van der Waals surface area contributed by atoms with Gasteiger partial charge in [-0.2, -0.15) is 0 Å². The van der Waals surface area contributed by atoms with Crippen LogP contribution in [-0.2, 0) is 11.2 Å². The van der Waals surface area contributed by atoms with Gasteiger partial charge in [-0.25, -0.2) is 0 Å². The topological polar surface area (TPSA) is 21.8 Å². The van der Waals surface area contributed by atoms with E-state index >= 15 is 0 Å². The summed E-state index contributed by atoms with van der Waals surface area (Å²) in [6, 6.07) is 8.50. The summed E-state index contributed by atoms with van der Waals surface area (Å²) in [4.78, 5) is 0. The molecule has 0 aliphatic carbocycles. The van der Waals surface area contributed by atoms with E-state index in [1.165, 1.54) is 44.1 Å². The van der Waals surface area contributed by atoms with Gasteiger partial charge in [0.15, 0.2) is 0 Å². The number of rotatable bonds is 11. The van der Waals surface area contributed by atoms with Crippen molar-refractivity contribution >= 4 is 0 Å². The molecule has 0 saturated carbocycles. The zero-order valence-corrected chi connectivity index (χ0v) is 14.1. The zero-order chi connectivity index (χ0) is 15.7. The van der Waals surface area contributed by atoms with Crippen molar-refractivity contribution in [2.24, 2.45) is 0 Å². The Bertz CT molecular complexity index is 461. The van der Waals surface area contributed by atoms with Gasteiger partial charge < -0.3 is 9.47 Å². The van der Waals surface area contributed by atoms with Gasteiger partial charge in [0.2, 0.25) is 0 Å². The first kappa shape index (κ1) is 17.1. The number of hydrogen-bond donors (Lipinski definition) is 0. The summed E-state index contributed by atoms with van der Waals surface area (Å²) in [7, 11) is 0. The fourth-order valence-electron chi connectivity index (χ4n) is 2.40. The lowest BCUT2D eigenvalue weighted by atomic mass is 10.1. The Morgan fingerprint density at radius 1 is 1.18 bits per heavy atom. The lowest BCUT2D eigenvalue weighted by molar-refractivity contribution is 0.202. The Labute approximate surface area is 135 Å². The molecule has 2 nitrogen and oxygen atoms in total. The van der Waals surface area contributed by atoms with Gasteiger partial charge in [-0.05, 0) is 56.7 Å². The number of unbranched alkanes of at least 4 members (excludes halogenated alkanes) is 4. The molecule has 1 heterocycles. The molecule has 1 aliphatic rings. The molecule has 0 amide bonds. The average molecular weight is 302 g/mol. The maximum Gasteiger partial charge on any atom is 0.123 e. The van der Waals surface area contributed by atoms with Crippen molar-refractivity contribution in [3.05, 3.63) is 42.0 Å². The molecule has 1 aliphatic heterocycles. The standard InChI is InChI=1S/C20H30O2/c1-3-4-5-6-7-8-9-10-12-18-13-11-14-19(15-18)21-16-20(2)17-22-20/h5-6,11,13-15H,3-4,7-10,12,16-17H2,1-2H3/b6-5+. The number of benzene rings is 1. The number of aryl methyl sites for hydroxylation is 1. The molecule has 1 saturated heterocycles. The Morgan fingerprint density at radius 3 is 2.77 bits per heavy atom. The van der Waals surface area contributed by atoms with Gasteiger partial charge in [0.1, 0.15) is 18.0 Å². The van der Waals surface area contributed by atoms with Crippen molar-refractivity contribution in [1.29, 1.82) is 0 Å². The molecular weight excluding hydrogens is 272 g/mol. The second-order valence-corrected chi connectivity index (χ2v) is 6.53. The minimum absolute atomic E-state index is 0.0404. The third kappa shape index (κ3) is 6.65. The van der Waals surface area contributed by atoms with Crippen molar-refractivity contribution in [2.75, 3.05) is 13.2 Å². The van der Waals surface area contributed by atoms with Crippen LogP contribution in [0.5, 0.6) is 5.75 Å². The summed E-state index contributed by atoms with van der Waals surface area (Å²) in [5.74, 6) is 0.969. The van der Waals surface area contributed by atoms with Crippen LogP contribution in [0.2, 0.25) is 0 Å². The molecule has 1 fully saturated rings.